The van der Waals surface area contributed by atoms with Crippen LogP contribution in [0.5, 0.6) is 5.75 Å². The summed E-state index contributed by atoms with van der Waals surface area (Å²) in [4.78, 5) is 0. The number of methoxy groups -OCH3 is 1. The summed E-state index contributed by atoms with van der Waals surface area (Å²) in [6.07, 6.45) is 3.73. The van der Waals surface area contributed by atoms with E-state index in [4.69, 9.17) is 4.74 Å². The Morgan fingerprint density at radius 1 is 1.58 bits per heavy atom. The first-order valence-corrected chi connectivity index (χ1v) is 3.79. The lowest BCUT2D eigenvalue weighted by Crippen LogP contribution is -2.06. The number of hydrogen-bond donors (Lipinski definition) is 0. The molecule has 0 aliphatic rings. The topological polar surface area (TPSA) is 26.5 Å². The molecule has 0 atom stereocenters. The molecule has 2 heterocycles. The second kappa shape index (κ2) is 2.55. The first-order valence-electron chi connectivity index (χ1n) is 3.79. The molecule has 0 spiro atoms. The van der Waals surface area contributed by atoms with Crippen molar-refractivity contribution < 1.29 is 4.74 Å². The average molecular weight is 160 g/mol. The van der Waals surface area contributed by atoms with E-state index < -0.39 is 0 Å². The third-order valence-electron chi connectivity index (χ3n) is 1.83. The van der Waals surface area contributed by atoms with Crippen molar-refractivity contribution >= 4 is 18.8 Å². The van der Waals surface area contributed by atoms with E-state index in [1.54, 1.807) is 13.3 Å². The minimum Gasteiger partial charge on any atom is -0.495 e. The van der Waals surface area contributed by atoms with Gasteiger partial charge < -0.3 is 4.74 Å². The van der Waals surface area contributed by atoms with E-state index in [9.17, 15) is 0 Å². The van der Waals surface area contributed by atoms with Gasteiger partial charge in [0.2, 0.25) is 0 Å². The Balaban J connectivity index is 2.80. The maximum atomic E-state index is 5.21. The minimum absolute atomic E-state index is 0.868. The summed E-state index contributed by atoms with van der Waals surface area (Å²) in [6.45, 7) is 0. The van der Waals surface area contributed by atoms with Crippen molar-refractivity contribution in [3.63, 3.8) is 0 Å². The number of aromatic nitrogens is 2. The van der Waals surface area contributed by atoms with E-state index in [-0.39, 0.29) is 0 Å². The Kier molecular flexibility index (Phi) is 1.53. The van der Waals surface area contributed by atoms with Crippen molar-refractivity contribution in [1.29, 1.82) is 0 Å². The predicted octanol–water partition coefficient (Wildman–Crippen LogP) is -0.399. The molecule has 0 aliphatic heterocycles. The van der Waals surface area contributed by atoms with Crippen LogP contribution in [0.3, 0.4) is 0 Å². The van der Waals surface area contributed by atoms with Crippen molar-refractivity contribution in [1.82, 2.24) is 9.61 Å². The standard InChI is InChI=1S/C8H9BN2O/c1-12-8-4-6(9)5-11-7(8)2-3-10-11/h2-5H,9H2,1H3. The smallest absolute Gasteiger partial charge is 0.144 e. The van der Waals surface area contributed by atoms with E-state index in [2.05, 4.69) is 5.10 Å². The Labute approximate surface area is 71.4 Å². The molecule has 0 unspecified atom stereocenters. The van der Waals surface area contributed by atoms with Crippen LogP contribution in [0.1, 0.15) is 0 Å². The average Bonchev–Trinajstić information content (AvgIpc) is 2.50. The second-order valence-corrected chi connectivity index (χ2v) is 2.75. The van der Waals surface area contributed by atoms with Gasteiger partial charge in [0.05, 0.1) is 13.3 Å². The number of nitrogens with zero attached hydrogens (tertiary/aromatic N) is 2. The first-order chi connectivity index (χ1) is 5.81. The highest BCUT2D eigenvalue weighted by molar-refractivity contribution is 6.32. The zero-order chi connectivity index (χ0) is 8.55. The molecule has 0 saturated heterocycles. The van der Waals surface area contributed by atoms with Gasteiger partial charge in [-0.1, -0.05) is 5.46 Å². The summed E-state index contributed by atoms with van der Waals surface area (Å²) >= 11 is 0. The Hall–Kier alpha value is -1.45. The Morgan fingerprint density at radius 2 is 2.42 bits per heavy atom. The molecule has 4 heteroatoms. The van der Waals surface area contributed by atoms with Gasteiger partial charge in [-0.3, -0.25) is 0 Å². The largest absolute Gasteiger partial charge is 0.495 e. The van der Waals surface area contributed by atoms with Gasteiger partial charge in [0.1, 0.15) is 19.1 Å². The maximum Gasteiger partial charge on any atom is 0.144 e. The molecule has 2 aromatic rings. The van der Waals surface area contributed by atoms with Crippen molar-refractivity contribution in [2.75, 3.05) is 7.11 Å². The fraction of sp³-hybridized carbons (Fsp3) is 0.125. The van der Waals surface area contributed by atoms with Crippen molar-refractivity contribution in [3.8, 4) is 5.75 Å². The van der Waals surface area contributed by atoms with Crippen LogP contribution in [0.2, 0.25) is 0 Å². The van der Waals surface area contributed by atoms with E-state index in [1.807, 2.05) is 30.7 Å². The molecule has 3 nitrogen and oxygen atoms in total. The molecule has 0 radical (unpaired) electrons. The van der Waals surface area contributed by atoms with Crippen LogP contribution in [0.25, 0.3) is 5.52 Å². The van der Waals surface area contributed by atoms with Crippen LogP contribution < -0.4 is 10.2 Å². The molecule has 0 aromatic carbocycles. The van der Waals surface area contributed by atoms with Crippen LogP contribution in [0.4, 0.5) is 0 Å². The molecular weight excluding hydrogens is 151 g/mol. The van der Waals surface area contributed by atoms with E-state index >= 15 is 0 Å². The first kappa shape index (κ1) is 7.22. The third-order valence-corrected chi connectivity index (χ3v) is 1.83. The van der Waals surface area contributed by atoms with E-state index in [0.717, 1.165) is 16.7 Å². The molecule has 0 fully saturated rings. The zero-order valence-corrected chi connectivity index (χ0v) is 7.11. The molecule has 0 saturated carbocycles. The van der Waals surface area contributed by atoms with E-state index in [0.29, 0.717) is 0 Å². The Bertz CT molecular complexity index is 410. The lowest BCUT2D eigenvalue weighted by Gasteiger charge is -2.03. The van der Waals surface area contributed by atoms with Crippen molar-refractivity contribution in [3.05, 3.63) is 24.5 Å². The molecule has 0 bridgehead atoms. The molecule has 60 valence electrons. The number of rotatable bonds is 1. The second-order valence-electron chi connectivity index (χ2n) is 2.75. The molecule has 0 amide bonds. The molecular formula is C8H9BN2O. The molecule has 0 N–H and O–H groups in total. The summed E-state index contributed by atoms with van der Waals surface area (Å²) in [5, 5.41) is 4.12. The van der Waals surface area contributed by atoms with Gasteiger partial charge >= 0.3 is 0 Å². The van der Waals surface area contributed by atoms with Crippen molar-refractivity contribution in [2.45, 2.75) is 0 Å². The summed E-state index contributed by atoms with van der Waals surface area (Å²) < 4.78 is 7.02. The summed E-state index contributed by atoms with van der Waals surface area (Å²) in [7, 11) is 3.69. The molecule has 12 heavy (non-hydrogen) atoms. The number of ether oxygens (including phenoxy) is 1. The van der Waals surface area contributed by atoms with Gasteiger partial charge in [-0.15, -0.1) is 0 Å². The van der Waals surface area contributed by atoms with Crippen LogP contribution in [-0.4, -0.2) is 24.6 Å². The number of fused-ring (bicyclic) bond motifs is 1. The van der Waals surface area contributed by atoms with Crippen LogP contribution >= 0.6 is 0 Å². The van der Waals surface area contributed by atoms with Gasteiger partial charge in [0.15, 0.2) is 0 Å². The molecule has 2 aromatic heterocycles. The summed E-state index contributed by atoms with van der Waals surface area (Å²) in [5.41, 5.74) is 2.14. The zero-order valence-electron chi connectivity index (χ0n) is 7.11. The predicted molar refractivity (Wildman–Crippen MR) is 49.9 cm³/mol. The van der Waals surface area contributed by atoms with Gasteiger partial charge in [-0.25, -0.2) is 4.52 Å². The maximum absolute atomic E-state index is 5.21. The quantitative estimate of drug-likeness (QED) is 0.530. The van der Waals surface area contributed by atoms with Gasteiger partial charge in [0.25, 0.3) is 0 Å². The molecule has 0 aliphatic carbocycles. The number of pyridine rings is 1. The highest BCUT2D eigenvalue weighted by Crippen LogP contribution is 2.15. The number of hydrogen-bond acceptors (Lipinski definition) is 2. The fourth-order valence-electron chi connectivity index (χ4n) is 1.29. The fourth-order valence-corrected chi connectivity index (χ4v) is 1.29. The highest BCUT2D eigenvalue weighted by Gasteiger charge is 2.01. The lowest BCUT2D eigenvalue weighted by atomic mass is 9.98. The Morgan fingerprint density at radius 3 is 3.17 bits per heavy atom. The van der Waals surface area contributed by atoms with Gasteiger partial charge in [-0.2, -0.15) is 5.10 Å². The molecule has 2 rings (SSSR count). The lowest BCUT2D eigenvalue weighted by molar-refractivity contribution is 0.418. The third kappa shape index (κ3) is 0.960. The summed E-state index contributed by atoms with van der Waals surface area (Å²) in [5.74, 6) is 0.868. The SMILES string of the molecule is Bc1cc(OC)c2ccnn2c1. The minimum atomic E-state index is 0.868. The van der Waals surface area contributed by atoms with E-state index in [1.165, 1.54) is 0 Å². The van der Waals surface area contributed by atoms with Crippen LogP contribution in [0, 0.1) is 0 Å². The van der Waals surface area contributed by atoms with Crippen LogP contribution in [0.15, 0.2) is 24.5 Å². The van der Waals surface area contributed by atoms with Gasteiger partial charge in [0, 0.05) is 6.20 Å². The highest BCUT2D eigenvalue weighted by atomic mass is 16.5. The summed E-state index contributed by atoms with van der Waals surface area (Å²) in [6, 6.07) is 3.93. The van der Waals surface area contributed by atoms with Crippen LogP contribution in [-0.2, 0) is 0 Å². The van der Waals surface area contributed by atoms with Crippen molar-refractivity contribution in [2.24, 2.45) is 0 Å². The normalized spacial score (nSPS) is 10.4. The van der Waals surface area contributed by atoms with Gasteiger partial charge in [-0.05, 0) is 12.1 Å². The monoisotopic (exact) mass is 160 g/mol.